The summed E-state index contributed by atoms with van der Waals surface area (Å²) >= 11 is 3.39. The van der Waals surface area contributed by atoms with Gasteiger partial charge in [0.15, 0.2) is 0 Å². The Labute approximate surface area is 147 Å². The third-order valence-corrected chi connectivity index (χ3v) is 4.61. The molecule has 128 valence electrons. The number of benzene rings is 1. The molecule has 0 bridgehead atoms. The SMILES string of the molecule is O=C1CCC(CNC(=O)OCCN2Cc3cc(Br)ccc3C2=O)N1. The first kappa shape index (κ1) is 16.8. The summed E-state index contributed by atoms with van der Waals surface area (Å²) in [5, 5.41) is 5.39. The Bertz CT molecular complexity index is 679. The fourth-order valence-electron chi connectivity index (χ4n) is 2.87. The van der Waals surface area contributed by atoms with Gasteiger partial charge in [0.05, 0.1) is 6.54 Å². The van der Waals surface area contributed by atoms with E-state index in [0.717, 1.165) is 16.5 Å². The van der Waals surface area contributed by atoms with E-state index in [4.69, 9.17) is 4.74 Å². The molecule has 2 aliphatic heterocycles. The second kappa shape index (κ2) is 7.21. The van der Waals surface area contributed by atoms with Gasteiger partial charge < -0.3 is 20.3 Å². The Morgan fingerprint density at radius 2 is 2.25 bits per heavy atom. The molecule has 7 nitrogen and oxygen atoms in total. The lowest BCUT2D eigenvalue weighted by Gasteiger charge is -2.16. The average molecular weight is 396 g/mol. The molecule has 0 aromatic heterocycles. The monoisotopic (exact) mass is 395 g/mol. The van der Waals surface area contributed by atoms with Crippen molar-refractivity contribution >= 4 is 33.8 Å². The zero-order valence-electron chi connectivity index (χ0n) is 13.0. The summed E-state index contributed by atoms with van der Waals surface area (Å²) in [7, 11) is 0. The fraction of sp³-hybridized carbons (Fsp3) is 0.438. The first-order valence-electron chi connectivity index (χ1n) is 7.80. The van der Waals surface area contributed by atoms with Crippen LogP contribution in [0.3, 0.4) is 0 Å². The molecule has 2 heterocycles. The molecule has 8 heteroatoms. The van der Waals surface area contributed by atoms with Gasteiger partial charge in [0.2, 0.25) is 5.91 Å². The lowest BCUT2D eigenvalue weighted by molar-refractivity contribution is -0.119. The van der Waals surface area contributed by atoms with Crippen LogP contribution in [0, 0.1) is 0 Å². The predicted molar refractivity (Wildman–Crippen MR) is 89.4 cm³/mol. The summed E-state index contributed by atoms with van der Waals surface area (Å²) in [6.07, 6.45) is 0.674. The van der Waals surface area contributed by atoms with Crippen molar-refractivity contribution < 1.29 is 19.1 Å². The summed E-state index contributed by atoms with van der Waals surface area (Å²) in [6, 6.07) is 5.53. The number of rotatable bonds is 5. The van der Waals surface area contributed by atoms with Gasteiger partial charge in [-0.3, -0.25) is 9.59 Å². The van der Waals surface area contributed by atoms with Crippen LogP contribution in [0.4, 0.5) is 4.79 Å². The van der Waals surface area contributed by atoms with Crippen LogP contribution < -0.4 is 10.6 Å². The Morgan fingerprint density at radius 3 is 3.00 bits per heavy atom. The summed E-state index contributed by atoms with van der Waals surface area (Å²) in [4.78, 5) is 36.6. The lowest BCUT2D eigenvalue weighted by Crippen LogP contribution is -2.39. The van der Waals surface area contributed by atoms with Gasteiger partial charge in [-0.2, -0.15) is 0 Å². The maximum atomic E-state index is 12.2. The van der Waals surface area contributed by atoms with Crippen LogP contribution in [0.1, 0.15) is 28.8 Å². The highest BCUT2D eigenvalue weighted by molar-refractivity contribution is 9.10. The predicted octanol–water partition coefficient (Wildman–Crippen LogP) is 1.41. The Morgan fingerprint density at radius 1 is 1.42 bits per heavy atom. The van der Waals surface area contributed by atoms with Gasteiger partial charge in [-0.1, -0.05) is 15.9 Å². The van der Waals surface area contributed by atoms with Crippen molar-refractivity contribution in [1.82, 2.24) is 15.5 Å². The third-order valence-electron chi connectivity index (χ3n) is 4.12. The van der Waals surface area contributed by atoms with Crippen molar-refractivity contribution in [2.24, 2.45) is 0 Å². The summed E-state index contributed by atoms with van der Waals surface area (Å²) in [5.41, 5.74) is 1.66. The van der Waals surface area contributed by atoms with Crippen molar-refractivity contribution in [2.45, 2.75) is 25.4 Å². The van der Waals surface area contributed by atoms with Gasteiger partial charge >= 0.3 is 6.09 Å². The quantitative estimate of drug-likeness (QED) is 0.788. The number of hydrogen-bond donors (Lipinski definition) is 2. The smallest absolute Gasteiger partial charge is 0.407 e. The number of alkyl carbamates (subject to hydrolysis) is 1. The van der Waals surface area contributed by atoms with Crippen LogP contribution in [-0.4, -0.2) is 48.5 Å². The number of halogens is 1. The Kier molecular flexibility index (Phi) is 5.03. The molecule has 3 amide bonds. The Balaban J connectivity index is 1.38. The van der Waals surface area contributed by atoms with Gasteiger partial charge in [0, 0.05) is 35.6 Å². The molecular formula is C16H18BrN3O4. The fourth-order valence-corrected chi connectivity index (χ4v) is 3.28. The largest absolute Gasteiger partial charge is 0.448 e. The second-order valence-electron chi connectivity index (χ2n) is 5.85. The molecular weight excluding hydrogens is 378 g/mol. The highest BCUT2D eigenvalue weighted by atomic mass is 79.9. The molecule has 1 fully saturated rings. The molecule has 0 spiro atoms. The van der Waals surface area contributed by atoms with Crippen molar-refractivity contribution in [3.05, 3.63) is 33.8 Å². The minimum Gasteiger partial charge on any atom is -0.448 e. The van der Waals surface area contributed by atoms with E-state index in [1.165, 1.54) is 0 Å². The number of nitrogens with one attached hydrogen (secondary N) is 2. The number of fused-ring (bicyclic) bond motifs is 1. The van der Waals surface area contributed by atoms with E-state index in [0.29, 0.717) is 31.6 Å². The highest BCUT2D eigenvalue weighted by Gasteiger charge is 2.27. The normalized spacial score (nSPS) is 19.2. The standard InChI is InChI=1S/C16H18BrN3O4/c17-11-1-3-13-10(7-11)9-20(15(13)22)5-6-24-16(23)18-8-12-2-4-14(21)19-12/h1,3,7,12H,2,4-6,8-9H2,(H,18,23)(H,19,21). The molecule has 0 aliphatic carbocycles. The summed E-state index contributed by atoms with van der Waals surface area (Å²) in [5.74, 6) is -0.0379. The van der Waals surface area contributed by atoms with Gasteiger partial charge in [0.1, 0.15) is 6.61 Å². The molecule has 0 saturated carbocycles. The minimum atomic E-state index is -0.539. The lowest BCUT2D eigenvalue weighted by atomic mass is 10.1. The first-order valence-corrected chi connectivity index (χ1v) is 8.60. The van der Waals surface area contributed by atoms with Gasteiger partial charge in [-0.05, 0) is 30.2 Å². The van der Waals surface area contributed by atoms with Crippen LogP contribution in [-0.2, 0) is 16.1 Å². The number of nitrogens with zero attached hydrogens (tertiary/aromatic N) is 1. The van der Waals surface area contributed by atoms with E-state index in [2.05, 4.69) is 26.6 Å². The molecule has 1 unspecified atom stereocenters. The molecule has 1 aromatic rings. The van der Waals surface area contributed by atoms with Crippen LogP contribution in [0.5, 0.6) is 0 Å². The van der Waals surface area contributed by atoms with Gasteiger partial charge in [-0.15, -0.1) is 0 Å². The molecule has 0 radical (unpaired) electrons. The van der Waals surface area contributed by atoms with Crippen LogP contribution in [0.2, 0.25) is 0 Å². The molecule has 1 aromatic carbocycles. The van der Waals surface area contributed by atoms with Gasteiger partial charge in [-0.25, -0.2) is 4.79 Å². The highest BCUT2D eigenvalue weighted by Crippen LogP contribution is 2.25. The Hall–Kier alpha value is -2.09. The third kappa shape index (κ3) is 3.87. The molecule has 24 heavy (non-hydrogen) atoms. The van der Waals surface area contributed by atoms with Crippen LogP contribution in [0.15, 0.2) is 22.7 Å². The van der Waals surface area contributed by atoms with E-state index in [9.17, 15) is 14.4 Å². The maximum absolute atomic E-state index is 12.2. The van der Waals surface area contributed by atoms with E-state index in [-0.39, 0.29) is 24.5 Å². The van der Waals surface area contributed by atoms with E-state index >= 15 is 0 Å². The molecule has 2 aliphatic rings. The number of amides is 3. The summed E-state index contributed by atoms with van der Waals surface area (Å²) in [6.45, 7) is 1.35. The van der Waals surface area contributed by atoms with E-state index < -0.39 is 6.09 Å². The van der Waals surface area contributed by atoms with Gasteiger partial charge in [0.25, 0.3) is 5.91 Å². The zero-order valence-corrected chi connectivity index (χ0v) is 14.6. The van der Waals surface area contributed by atoms with Crippen LogP contribution >= 0.6 is 15.9 Å². The zero-order chi connectivity index (χ0) is 17.1. The van der Waals surface area contributed by atoms with Crippen molar-refractivity contribution in [2.75, 3.05) is 19.7 Å². The number of carbonyl (C=O) groups is 3. The van der Waals surface area contributed by atoms with Crippen molar-refractivity contribution in [3.8, 4) is 0 Å². The molecule has 3 rings (SSSR count). The molecule has 1 atom stereocenters. The number of hydrogen-bond acceptors (Lipinski definition) is 4. The molecule has 1 saturated heterocycles. The van der Waals surface area contributed by atoms with Crippen molar-refractivity contribution in [3.63, 3.8) is 0 Å². The summed E-state index contributed by atoms with van der Waals surface area (Å²) < 4.78 is 6.03. The van der Waals surface area contributed by atoms with E-state index in [1.54, 1.807) is 11.0 Å². The minimum absolute atomic E-state index is 0.00826. The number of ether oxygens (including phenoxy) is 1. The second-order valence-corrected chi connectivity index (χ2v) is 6.76. The van der Waals surface area contributed by atoms with Crippen molar-refractivity contribution in [1.29, 1.82) is 0 Å². The average Bonchev–Trinajstić information content (AvgIpc) is 3.09. The topological polar surface area (TPSA) is 87.7 Å². The number of carbonyl (C=O) groups excluding carboxylic acids is 3. The maximum Gasteiger partial charge on any atom is 0.407 e. The van der Waals surface area contributed by atoms with Crippen LogP contribution in [0.25, 0.3) is 0 Å². The first-order chi connectivity index (χ1) is 11.5. The molecule has 2 N–H and O–H groups in total. The van der Waals surface area contributed by atoms with E-state index in [1.807, 2.05) is 12.1 Å².